The lowest BCUT2D eigenvalue weighted by Gasteiger charge is -2.15. The predicted molar refractivity (Wildman–Crippen MR) is 85.1 cm³/mol. The van der Waals surface area contributed by atoms with Crippen LogP contribution in [0.15, 0.2) is 0 Å². The van der Waals surface area contributed by atoms with Crippen LogP contribution in [-0.4, -0.2) is 29.0 Å². The third kappa shape index (κ3) is 5.18. The Hall–Kier alpha value is -1.89. The lowest BCUT2D eigenvalue weighted by molar-refractivity contribution is -0.120. The molecule has 0 aliphatic rings. The smallest absolute Gasteiger partial charge is 0.221 e. The van der Waals surface area contributed by atoms with Gasteiger partial charge in [-0.25, -0.2) is 15.8 Å². The number of rotatable bonds is 8. The SMILES string of the molecule is CCCNC(=O)CCNc1nc(C(C)C)nc(NN)c1C. The normalized spacial score (nSPS) is 10.6. The molecule has 0 unspecified atom stereocenters. The number of hydrogen-bond donors (Lipinski definition) is 4. The van der Waals surface area contributed by atoms with Crippen molar-refractivity contribution in [2.24, 2.45) is 5.84 Å². The molecule has 0 aliphatic heterocycles. The highest BCUT2D eigenvalue weighted by Gasteiger charge is 2.12. The van der Waals surface area contributed by atoms with E-state index in [1.807, 2.05) is 27.7 Å². The zero-order valence-electron chi connectivity index (χ0n) is 13.3. The third-order valence-corrected chi connectivity index (χ3v) is 3.03. The van der Waals surface area contributed by atoms with Crippen molar-refractivity contribution in [1.82, 2.24) is 15.3 Å². The van der Waals surface area contributed by atoms with Gasteiger partial charge < -0.3 is 16.1 Å². The van der Waals surface area contributed by atoms with E-state index in [0.717, 1.165) is 12.0 Å². The van der Waals surface area contributed by atoms with Crippen molar-refractivity contribution in [2.45, 2.75) is 46.5 Å². The Morgan fingerprint density at radius 1 is 1.24 bits per heavy atom. The molecule has 0 saturated carbocycles. The lowest BCUT2D eigenvalue weighted by atomic mass is 10.2. The zero-order valence-corrected chi connectivity index (χ0v) is 13.3. The molecule has 0 fully saturated rings. The van der Waals surface area contributed by atoms with Gasteiger partial charge in [0.1, 0.15) is 17.5 Å². The summed E-state index contributed by atoms with van der Waals surface area (Å²) in [4.78, 5) is 20.4. The number of aromatic nitrogens is 2. The third-order valence-electron chi connectivity index (χ3n) is 3.03. The summed E-state index contributed by atoms with van der Waals surface area (Å²) in [6, 6.07) is 0. The molecule has 118 valence electrons. The second kappa shape index (κ2) is 8.41. The summed E-state index contributed by atoms with van der Waals surface area (Å²) in [6.07, 6.45) is 1.35. The number of hydrogen-bond acceptors (Lipinski definition) is 6. The summed E-state index contributed by atoms with van der Waals surface area (Å²) in [5, 5.41) is 6.02. The number of nitrogen functional groups attached to an aromatic ring is 1. The number of nitrogens with one attached hydrogen (secondary N) is 3. The van der Waals surface area contributed by atoms with Crippen molar-refractivity contribution >= 4 is 17.5 Å². The van der Waals surface area contributed by atoms with Gasteiger partial charge in [0.05, 0.1) is 0 Å². The summed E-state index contributed by atoms with van der Waals surface area (Å²) < 4.78 is 0. The molecule has 1 heterocycles. The lowest BCUT2D eigenvalue weighted by Crippen LogP contribution is -2.26. The maximum atomic E-state index is 11.6. The molecule has 7 heteroatoms. The minimum absolute atomic E-state index is 0.0392. The van der Waals surface area contributed by atoms with E-state index in [1.54, 1.807) is 0 Å². The van der Waals surface area contributed by atoms with Gasteiger partial charge in [-0.15, -0.1) is 0 Å². The summed E-state index contributed by atoms with van der Waals surface area (Å²) in [5.74, 6) is 7.76. The molecule has 5 N–H and O–H groups in total. The molecule has 0 aromatic carbocycles. The van der Waals surface area contributed by atoms with Crippen LogP contribution in [0.1, 0.15) is 50.9 Å². The molecule has 1 rings (SSSR count). The first kappa shape index (κ1) is 17.2. The monoisotopic (exact) mass is 294 g/mol. The Bertz CT molecular complexity index is 475. The molecule has 7 nitrogen and oxygen atoms in total. The summed E-state index contributed by atoms with van der Waals surface area (Å²) in [5.41, 5.74) is 3.43. The van der Waals surface area contributed by atoms with Crippen LogP contribution in [0.3, 0.4) is 0 Å². The van der Waals surface area contributed by atoms with Crippen molar-refractivity contribution in [3.63, 3.8) is 0 Å². The van der Waals surface area contributed by atoms with Crippen LogP contribution >= 0.6 is 0 Å². The van der Waals surface area contributed by atoms with Crippen molar-refractivity contribution in [3.05, 3.63) is 11.4 Å². The van der Waals surface area contributed by atoms with Crippen molar-refractivity contribution in [2.75, 3.05) is 23.8 Å². The minimum atomic E-state index is 0.0392. The number of hydrazine groups is 1. The number of nitrogens with zero attached hydrogens (tertiary/aromatic N) is 2. The van der Waals surface area contributed by atoms with E-state index in [1.165, 1.54) is 0 Å². The van der Waals surface area contributed by atoms with E-state index in [0.29, 0.717) is 37.0 Å². The second-order valence-electron chi connectivity index (χ2n) is 5.23. The first-order valence-electron chi connectivity index (χ1n) is 7.35. The van der Waals surface area contributed by atoms with Gasteiger partial charge in [-0.1, -0.05) is 20.8 Å². The largest absolute Gasteiger partial charge is 0.369 e. The fourth-order valence-electron chi connectivity index (χ4n) is 1.75. The molecule has 0 bridgehead atoms. The Balaban J connectivity index is 2.69. The van der Waals surface area contributed by atoms with Gasteiger partial charge in [0, 0.05) is 31.0 Å². The van der Waals surface area contributed by atoms with Crippen LogP contribution in [0.4, 0.5) is 11.6 Å². The molecular weight excluding hydrogens is 268 g/mol. The van der Waals surface area contributed by atoms with Gasteiger partial charge >= 0.3 is 0 Å². The predicted octanol–water partition coefficient (Wildman–Crippen LogP) is 1.52. The Labute approximate surface area is 126 Å². The van der Waals surface area contributed by atoms with Crippen LogP contribution in [0.5, 0.6) is 0 Å². The van der Waals surface area contributed by atoms with E-state index < -0.39 is 0 Å². The van der Waals surface area contributed by atoms with Crippen LogP contribution in [0, 0.1) is 6.92 Å². The Morgan fingerprint density at radius 3 is 2.48 bits per heavy atom. The van der Waals surface area contributed by atoms with Crippen LogP contribution in [0.2, 0.25) is 0 Å². The van der Waals surface area contributed by atoms with E-state index in [-0.39, 0.29) is 11.8 Å². The maximum Gasteiger partial charge on any atom is 0.221 e. The summed E-state index contributed by atoms with van der Waals surface area (Å²) >= 11 is 0. The van der Waals surface area contributed by atoms with Gasteiger partial charge in [-0.05, 0) is 13.3 Å². The van der Waals surface area contributed by atoms with E-state index in [9.17, 15) is 4.79 Å². The standard InChI is InChI=1S/C14H26N6O/c1-5-7-16-11(21)6-8-17-13-10(4)14(20-15)19-12(18-13)9(2)3/h9H,5-8,15H2,1-4H3,(H,16,21)(H2,17,18,19,20). The first-order chi connectivity index (χ1) is 9.99. The van der Waals surface area contributed by atoms with Gasteiger partial charge in [0.25, 0.3) is 0 Å². The van der Waals surface area contributed by atoms with Gasteiger partial charge in [0.15, 0.2) is 0 Å². The van der Waals surface area contributed by atoms with Gasteiger partial charge in [0.2, 0.25) is 5.91 Å². The first-order valence-corrected chi connectivity index (χ1v) is 7.35. The number of amides is 1. The Morgan fingerprint density at radius 2 is 1.90 bits per heavy atom. The van der Waals surface area contributed by atoms with E-state index >= 15 is 0 Å². The molecule has 0 spiro atoms. The molecule has 0 atom stereocenters. The van der Waals surface area contributed by atoms with Gasteiger partial charge in [-0.3, -0.25) is 4.79 Å². The summed E-state index contributed by atoms with van der Waals surface area (Å²) in [6.45, 7) is 9.19. The highest BCUT2D eigenvalue weighted by atomic mass is 16.1. The fourth-order valence-corrected chi connectivity index (χ4v) is 1.75. The van der Waals surface area contributed by atoms with Crippen molar-refractivity contribution < 1.29 is 4.79 Å². The van der Waals surface area contributed by atoms with E-state index in [4.69, 9.17) is 5.84 Å². The van der Waals surface area contributed by atoms with E-state index in [2.05, 4.69) is 26.0 Å². The molecule has 1 amide bonds. The zero-order chi connectivity index (χ0) is 15.8. The summed E-state index contributed by atoms with van der Waals surface area (Å²) in [7, 11) is 0. The van der Waals surface area contributed by atoms with Crippen molar-refractivity contribution in [3.8, 4) is 0 Å². The average molecular weight is 294 g/mol. The number of anilines is 2. The van der Waals surface area contributed by atoms with Crippen LogP contribution in [-0.2, 0) is 4.79 Å². The molecular formula is C14H26N6O. The minimum Gasteiger partial charge on any atom is -0.369 e. The molecule has 1 aromatic heterocycles. The molecule has 21 heavy (non-hydrogen) atoms. The molecule has 0 aliphatic carbocycles. The van der Waals surface area contributed by atoms with Crippen LogP contribution in [0.25, 0.3) is 0 Å². The maximum absolute atomic E-state index is 11.6. The number of carbonyl (C=O) groups excluding carboxylic acids is 1. The topological polar surface area (TPSA) is 105 Å². The van der Waals surface area contributed by atoms with Crippen LogP contribution < -0.4 is 21.9 Å². The fraction of sp³-hybridized carbons (Fsp3) is 0.643. The quantitative estimate of drug-likeness (QED) is 0.428. The average Bonchev–Trinajstić information content (AvgIpc) is 2.46. The number of carbonyl (C=O) groups is 1. The highest BCUT2D eigenvalue weighted by molar-refractivity contribution is 5.76. The Kier molecular flexibility index (Phi) is 6.87. The van der Waals surface area contributed by atoms with Gasteiger partial charge in [-0.2, -0.15) is 0 Å². The molecule has 0 radical (unpaired) electrons. The second-order valence-corrected chi connectivity index (χ2v) is 5.23. The molecule has 1 aromatic rings. The van der Waals surface area contributed by atoms with Crippen molar-refractivity contribution in [1.29, 1.82) is 0 Å². The highest BCUT2D eigenvalue weighted by Crippen LogP contribution is 2.22. The number of nitrogens with two attached hydrogens (primary N) is 1. The molecule has 0 saturated heterocycles.